The van der Waals surface area contributed by atoms with Crippen LogP contribution >= 0.6 is 0 Å². The van der Waals surface area contributed by atoms with Crippen LogP contribution in [0.1, 0.15) is 18.4 Å². The van der Waals surface area contributed by atoms with Gasteiger partial charge in [-0.05, 0) is 37.6 Å². The first-order valence-corrected chi connectivity index (χ1v) is 6.34. The van der Waals surface area contributed by atoms with Crippen LogP contribution in [-0.4, -0.2) is 31.1 Å². The summed E-state index contributed by atoms with van der Waals surface area (Å²) in [5.41, 5.74) is 0.325. The molecular weight excluding hydrogens is 252 g/mol. The van der Waals surface area contributed by atoms with Gasteiger partial charge in [-0.2, -0.15) is 0 Å². The van der Waals surface area contributed by atoms with Crippen molar-refractivity contribution < 1.29 is 18.3 Å². The van der Waals surface area contributed by atoms with Gasteiger partial charge >= 0.3 is 5.97 Å². The summed E-state index contributed by atoms with van der Waals surface area (Å²) < 4.78 is 31.4. The Morgan fingerprint density at radius 1 is 1.47 bits per heavy atom. The summed E-state index contributed by atoms with van der Waals surface area (Å²) in [7, 11) is 1.37. The maximum Gasteiger partial charge on any atom is 0.309 e. The lowest BCUT2D eigenvalue weighted by molar-refractivity contribution is -0.147. The van der Waals surface area contributed by atoms with Gasteiger partial charge in [-0.25, -0.2) is 8.78 Å². The highest BCUT2D eigenvalue weighted by Crippen LogP contribution is 2.21. The number of halogens is 2. The number of nitrogens with zero attached hydrogens (tertiary/aromatic N) is 1. The normalized spacial score (nSPS) is 20.3. The number of rotatable bonds is 3. The molecule has 0 amide bonds. The first kappa shape index (κ1) is 13.9. The van der Waals surface area contributed by atoms with E-state index in [1.165, 1.54) is 13.2 Å². The summed E-state index contributed by atoms with van der Waals surface area (Å²) in [6, 6.07) is 3.44. The molecular formula is C14H17F2NO2. The highest BCUT2D eigenvalue weighted by molar-refractivity contribution is 5.72. The number of benzene rings is 1. The van der Waals surface area contributed by atoms with Crippen molar-refractivity contribution in [1.82, 2.24) is 4.90 Å². The number of ether oxygens (including phenoxy) is 1. The Labute approximate surface area is 111 Å². The average molecular weight is 269 g/mol. The summed E-state index contributed by atoms with van der Waals surface area (Å²) in [5, 5.41) is 0. The van der Waals surface area contributed by atoms with Gasteiger partial charge in [-0.15, -0.1) is 0 Å². The lowest BCUT2D eigenvalue weighted by Gasteiger charge is -2.31. The second kappa shape index (κ2) is 6.10. The first-order chi connectivity index (χ1) is 9.10. The van der Waals surface area contributed by atoms with E-state index in [0.717, 1.165) is 31.5 Å². The van der Waals surface area contributed by atoms with Crippen molar-refractivity contribution in [2.75, 3.05) is 20.2 Å². The fraction of sp³-hybridized carbons (Fsp3) is 0.500. The van der Waals surface area contributed by atoms with Crippen molar-refractivity contribution >= 4 is 5.97 Å². The van der Waals surface area contributed by atoms with Crippen LogP contribution in [0.2, 0.25) is 0 Å². The zero-order chi connectivity index (χ0) is 13.8. The zero-order valence-electron chi connectivity index (χ0n) is 10.9. The Hall–Kier alpha value is -1.49. The van der Waals surface area contributed by atoms with Crippen molar-refractivity contribution in [2.45, 2.75) is 19.4 Å². The van der Waals surface area contributed by atoms with Crippen molar-refractivity contribution in [3.05, 3.63) is 35.4 Å². The van der Waals surface area contributed by atoms with Crippen molar-refractivity contribution in [2.24, 2.45) is 5.92 Å². The molecule has 1 heterocycles. The summed E-state index contributed by atoms with van der Waals surface area (Å²) >= 11 is 0. The van der Waals surface area contributed by atoms with E-state index in [2.05, 4.69) is 0 Å². The third-order valence-electron chi connectivity index (χ3n) is 3.44. The summed E-state index contributed by atoms with van der Waals surface area (Å²) in [5.74, 6) is -1.26. The molecule has 0 bridgehead atoms. The molecule has 1 unspecified atom stereocenters. The van der Waals surface area contributed by atoms with Crippen LogP contribution in [0.15, 0.2) is 18.2 Å². The second-order valence-electron chi connectivity index (χ2n) is 4.83. The Kier molecular flexibility index (Phi) is 4.47. The largest absolute Gasteiger partial charge is 0.469 e. The predicted octanol–water partition coefficient (Wildman–Crippen LogP) is 2.35. The van der Waals surface area contributed by atoms with E-state index in [9.17, 15) is 13.6 Å². The van der Waals surface area contributed by atoms with E-state index in [1.54, 1.807) is 0 Å². The molecule has 1 aromatic rings. The summed E-state index contributed by atoms with van der Waals surface area (Å²) in [6.07, 6.45) is 1.64. The number of likely N-dealkylation sites (tertiary alicyclic amines) is 1. The van der Waals surface area contributed by atoms with Crippen molar-refractivity contribution in [1.29, 1.82) is 0 Å². The molecule has 1 saturated heterocycles. The zero-order valence-corrected chi connectivity index (χ0v) is 10.9. The number of piperidine rings is 1. The Morgan fingerprint density at radius 3 is 3.00 bits per heavy atom. The van der Waals surface area contributed by atoms with Crippen LogP contribution in [0, 0.1) is 17.6 Å². The Bertz CT molecular complexity index is 465. The van der Waals surface area contributed by atoms with Gasteiger partial charge in [0.1, 0.15) is 11.6 Å². The maximum absolute atomic E-state index is 13.6. The van der Waals surface area contributed by atoms with Gasteiger partial charge in [0.15, 0.2) is 0 Å². The number of carbonyl (C=O) groups excluding carboxylic acids is 1. The molecule has 104 valence electrons. The molecule has 1 aliphatic rings. The molecule has 0 N–H and O–H groups in total. The average Bonchev–Trinajstić information content (AvgIpc) is 2.42. The van der Waals surface area contributed by atoms with Crippen LogP contribution < -0.4 is 0 Å². The van der Waals surface area contributed by atoms with E-state index in [-0.39, 0.29) is 11.9 Å². The topological polar surface area (TPSA) is 29.5 Å². The fourth-order valence-electron chi connectivity index (χ4n) is 2.46. The number of hydrogen-bond acceptors (Lipinski definition) is 3. The molecule has 0 saturated carbocycles. The molecule has 1 aliphatic heterocycles. The molecule has 0 aliphatic carbocycles. The lowest BCUT2D eigenvalue weighted by atomic mass is 9.97. The van der Waals surface area contributed by atoms with E-state index in [0.29, 0.717) is 18.7 Å². The molecule has 0 spiro atoms. The molecule has 1 fully saturated rings. The van der Waals surface area contributed by atoms with Crippen LogP contribution in [0.3, 0.4) is 0 Å². The molecule has 3 nitrogen and oxygen atoms in total. The van der Waals surface area contributed by atoms with Crippen molar-refractivity contribution in [3.63, 3.8) is 0 Å². The monoisotopic (exact) mass is 269 g/mol. The number of esters is 1. The third kappa shape index (κ3) is 3.50. The smallest absolute Gasteiger partial charge is 0.309 e. The van der Waals surface area contributed by atoms with Gasteiger partial charge in [0, 0.05) is 18.7 Å². The van der Waals surface area contributed by atoms with Gasteiger partial charge in [-0.3, -0.25) is 9.69 Å². The standard InChI is InChI=1S/C14H17F2NO2/c1-19-14(18)10-3-2-6-17(8-10)9-11-7-12(15)4-5-13(11)16/h4-5,7,10H,2-3,6,8-9H2,1H3. The van der Waals surface area contributed by atoms with Gasteiger partial charge in [0.2, 0.25) is 0 Å². The van der Waals surface area contributed by atoms with E-state index in [1.807, 2.05) is 4.90 Å². The van der Waals surface area contributed by atoms with Crippen LogP contribution in [0.25, 0.3) is 0 Å². The predicted molar refractivity (Wildman–Crippen MR) is 66.4 cm³/mol. The summed E-state index contributed by atoms with van der Waals surface area (Å²) in [4.78, 5) is 13.5. The lowest BCUT2D eigenvalue weighted by Crippen LogP contribution is -2.38. The molecule has 2 rings (SSSR count). The van der Waals surface area contributed by atoms with E-state index >= 15 is 0 Å². The van der Waals surface area contributed by atoms with E-state index in [4.69, 9.17) is 4.74 Å². The quantitative estimate of drug-likeness (QED) is 0.789. The second-order valence-corrected chi connectivity index (χ2v) is 4.83. The van der Waals surface area contributed by atoms with Gasteiger partial charge in [-0.1, -0.05) is 0 Å². The Balaban J connectivity index is 2.02. The van der Waals surface area contributed by atoms with Crippen LogP contribution in [0.4, 0.5) is 8.78 Å². The minimum absolute atomic E-state index is 0.171. The molecule has 0 aromatic heterocycles. The highest BCUT2D eigenvalue weighted by Gasteiger charge is 2.26. The minimum Gasteiger partial charge on any atom is -0.469 e. The summed E-state index contributed by atoms with van der Waals surface area (Å²) in [6.45, 7) is 1.63. The molecule has 19 heavy (non-hydrogen) atoms. The van der Waals surface area contributed by atoms with Gasteiger partial charge < -0.3 is 4.74 Å². The number of hydrogen-bond donors (Lipinski definition) is 0. The van der Waals surface area contributed by atoms with Gasteiger partial charge in [0.05, 0.1) is 13.0 Å². The Morgan fingerprint density at radius 2 is 2.26 bits per heavy atom. The SMILES string of the molecule is COC(=O)C1CCCN(Cc2cc(F)ccc2F)C1. The highest BCUT2D eigenvalue weighted by atomic mass is 19.1. The molecule has 1 atom stereocenters. The van der Waals surface area contributed by atoms with Crippen LogP contribution in [-0.2, 0) is 16.1 Å². The van der Waals surface area contributed by atoms with E-state index < -0.39 is 11.6 Å². The number of methoxy groups -OCH3 is 1. The molecule has 0 radical (unpaired) electrons. The number of carbonyl (C=O) groups is 1. The fourth-order valence-corrected chi connectivity index (χ4v) is 2.46. The van der Waals surface area contributed by atoms with Gasteiger partial charge in [0.25, 0.3) is 0 Å². The molecule has 5 heteroatoms. The van der Waals surface area contributed by atoms with Crippen LogP contribution in [0.5, 0.6) is 0 Å². The first-order valence-electron chi connectivity index (χ1n) is 6.34. The third-order valence-corrected chi connectivity index (χ3v) is 3.44. The molecule has 1 aromatic carbocycles. The maximum atomic E-state index is 13.6. The minimum atomic E-state index is -0.446. The van der Waals surface area contributed by atoms with Crippen molar-refractivity contribution in [3.8, 4) is 0 Å².